The molecule has 1 amide bonds. The van der Waals surface area contributed by atoms with E-state index in [9.17, 15) is 14.4 Å². The molecule has 0 heterocycles. The third kappa shape index (κ3) is 4.14. The molecule has 0 saturated carbocycles. The molecule has 2 aromatic rings. The molecule has 1 N–H and O–H groups in total. The molecule has 2 aromatic carbocycles. The summed E-state index contributed by atoms with van der Waals surface area (Å²) in [6.07, 6.45) is 2.22. The zero-order valence-corrected chi connectivity index (χ0v) is 16.1. The van der Waals surface area contributed by atoms with Crippen molar-refractivity contribution in [2.24, 2.45) is 5.92 Å². The van der Waals surface area contributed by atoms with Crippen molar-refractivity contribution in [1.82, 2.24) is 5.32 Å². The molecule has 29 heavy (non-hydrogen) atoms. The van der Waals surface area contributed by atoms with E-state index in [1.165, 1.54) is 0 Å². The summed E-state index contributed by atoms with van der Waals surface area (Å²) in [6.45, 7) is 0.706. The average molecular weight is 389 g/mol. The quantitative estimate of drug-likeness (QED) is 0.837. The predicted octanol–water partition coefficient (Wildman–Crippen LogP) is 4.48. The molecule has 0 atom stereocenters. The minimum Gasteiger partial charge on any atom is -0.445 e. The molecular formula is C24H23NO4. The smallest absolute Gasteiger partial charge is 0.407 e. The van der Waals surface area contributed by atoms with Gasteiger partial charge >= 0.3 is 6.09 Å². The number of ether oxygens (including phenoxy) is 1. The standard InChI is InChI=1S/C24H23NO4/c26-22-18-8-4-5-9-19(18)23(27)21-13-11-16(10-12-20(21)22)14-25-24(28)29-15-17-6-2-1-3-7-17/h1-9,16H,10-15H2,(H,25,28). The molecule has 0 saturated heterocycles. The van der Waals surface area contributed by atoms with E-state index in [2.05, 4.69) is 5.32 Å². The number of hydrogen-bond acceptors (Lipinski definition) is 4. The van der Waals surface area contributed by atoms with Crippen LogP contribution in [0.15, 0.2) is 65.7 Å². The van der Waals surface area contributed by atoms with E-state index in [-0.39, 0.29) is 24.1 Å². The normalized spacial score (nSPS) is 16.7. The van der Waals surface area contributed by atoms with Gasteiger partial charge in [0.2, 0.25) is 0 Å². The maximum atomic E-state index is 12.8. The molecule has 2 aliphatic carbocycles. The third-order valence-corrected chi connectivity index (χ3v) is 5.68. The predicted molar refractivity (Wildman–Crippen MR) is 109 cm³/mol. The number of carbonyl (C=O) groups is 3. The molecule has 0 aliphatic heterocycles. The highest BCUT2D eigenvalue weighted by atomic mass is 16.5. The van der Waals surface area contributed by atoms with Crippen LogP contribution in [0.4, 0.5) is 4.79 Å². The fourth-order valence-electron chi connectivity index (χ4n) is 4.05. The highest BCUT2D eigenvalue weighted by molar-refractivity contribution is 6.26. The lowest BCUT2D eigenvalue weighted by molar-refractivity contribution is 0.0970. The Morgan fingerprint density at radius 3 is 2.00 bits per heavy atom. The second kappa shape index (κ2) is 8.43. The summed E-state index contributed by atoms with van der Waals surface area (Å²) in [5.74, 6) is 0.158. The van der Waals surface area contributed by atoms with Crippen LogP contribution in [0.3, 0.4) is 0 Å². The Balaban J connectivity index is 1.32. The number of nitrogens with one attached hydrogen (secondary N) is 1. The number of amides is 1. The van der Waals surface area contributed by atoms with Crippen LogP contribution in [0.1, 0.15) is 52.0 Å². The van der Waals surface area contributed by atoms with Gasteiger partial charge in [0.15, 0.2) is 11.6 Å². The van der Waals surface area contributed by atoms with Crippen molar-refractivity contribution in [2.45, 2.75) is 32.3 Å². The molecule has 5 heteroatoms. The van der Waals surface area contributed by atoms with E-state index < -0.39 is 6.09 Å². The minimum atomic E-state index is -0.449. The Bertz CT molecular complexity index is 928. The number of Topliss-reactive ketones (excluding diaryl/α,β-unsaturated/α-hetero) is 2. The van der Waals surface area contributed by atoms with Crippen molar-refractivity contribution in [1.29, 1.82) is 0 Å². The first-order valence-corrected chi connectivity index (χ1v) is 9.98. The van der Waals surface area contributed by atoms with Crippen LogP contribution in [-0.2, 0) is 11.3 Å². The van der Waals surface area contributed by atoms with Gasteiger partial charge in [-0.1, -0.05) is 54.6 Å². The molecular weight excluding hydrogens is 366 g/mol. The average Bonchev–Trinajstić information content (AvgIpc) is 2.98. The summed E-state index contributed by atoms with van der Waals surface area (Å²) in [4.78, 5) is 37.7. The lowest BCUT2D eigenvalue weighted by Gasteiger charge is -2.19. The van der Waals surface area contributed by atoms with Gasteiger partial charge in [-0.3, -0.25) is 9.59 Å². The van der Waals surface area contributed by atoms with E-state index in [4.69, 9.17) is 4.74 Å². The topological polar surface area (TPSA) is 72.5 Å². The maximum Gasteiger partial charge on any atom is 0.407 e. The molecule has 0 bridgehead atoms. The zero-order chi connectivity index (χ0) is 20.2. The monoisotopic (exact) mass is 389 g/mol. The summed E-state index contributed by atoms with van der Waals surface area (Å²) >= 11 is 0. The molecule has 0 spiro atoms. The van der Waals surface area contributed by atoms with Gasteiger partial charge in [-0.05, 0) is 37.2 Å². The van der Waals surface area contributed by atoms with Crippen LogP contribution in [0, 0.1) is 5.92 Å². The fourth-order valence-corrected chi connectivity index (χ4v) is 4.05. The van der Waals surface area contributed by atoms with Crippen molar-refractivity contribution in [3.8, 4) is 0 Å². The van der Waals surface area contributed by atoms with Crippen LogP contribution in [0.2, 0.25) is 0 Å². The molecule has 0 unspecified atom stereocenters. The van der Waals surface area contributed by atoms with Crippen molar-refractivity contribution >= 4 is 17.7 Å². The number of allylic oxidation sites excluding steroid dienone is 2. The van der Waals surface area contributed by atoms with Gasteiger partial charge in [0.25, 0.3) is 0 Å². The SMILES string of the molecule is O=C(NCC1CCC2=C(CC1)C(=O)c1ccccc1C2=O)OCc1ccccc1. The number of ketones is 2. The number of benzene rings is 2. The van der Waals surface area contributed by atoms with Gasteiger partial charge < -0.3 is 10.1 Å². The van der Waals surface area contributed by atoms with Crippen molar-refractivity contribution in [3.05, 3.63) is 82.4 Å². The molecule has 148 valence electrons. The van der Waals surface area contributed by atoms with Gasteiger partial charge in [-0.15, -0.1) is 0 Å². The fraction of sp³-hybridized carbons (Fsp3) is 0.292. The Morgan fingerprint density at radius 2 is 1.41 bits per heavy atom. The first-order valence-electron chi connectivity index (χ1n) is 9.98. The van der Waals surface area contributed by atoms with Crippen LogP contribution in [0.5, 0.6) is 0 Å². The number of alkyl carbamates (subject to hydrolysis) is 1. The largest absolute Gasteiger partial charge is 0.445 e. The minimum absolute atomic E-state index is 0.0221. The molecule has 5 nitrogen and oxygen atoms in total. The Hall–Kier alpha value is -3.21. The Labute approximate surface area is 169 Å². The summed E-state index contributed by atoms with van der Waals surface area (Å²) in [5, 5.41) is 2.82. The van der Waals surface area contributed by atoms with Crippen molar-refractivity contribution < 1.29 is 19.1 Å². The number of hydrogen-bond donors (Lipinski definition) is 1. The van der Waals surface area contributed by atoms with Gasteiger partial charge in [0.05, 0.1) is 0 Å². The molecule has 4 rings (SSSR count). The van der Waals surface area contributed by atoms with Crippen molar-refractivity contribution in [3.63, 3.8) is 0 Å². The van der Waals surface area contributed by atoms with E-state index in [1.54, 1.807) is 24.3 Å². The number of rotatable bonds is 4. The van der Waals surface area contributed by atoms with E-state index in [1.807, 2.05) is 30.3 Å². The first-order chi connectivity index (χ1) is 14.1. The van der Waals surface area contributed by atoms with Crippen LogP contribution >= 0.6 is 0 Å². The molecule has 0 fully saturated rings. The molecule has 2 aliphatic rings. The lowest BCUT2D eigenvalue weighted by atomic mass is 9.82. The van der Waals surface area contributed by atoms with Crippen LogP contribution in [-0.4, -0.2) is 24.2 Å². The van der Waals surface area contributed by atoms with E-state index in [0.29, 0.717) is 41.7 Å². The first kappa shape index (κ1) is 19.1. The molecule has 0 aromatic heterocycles. The highest BCUT2D eigenvalue weighted by Crippen LogP contribution is 2.35. The summed E-state index contributed by atoms with van der Waals surface area (Å²) < 4.78 is 5.25. The van der Waals surface area contributed by atoms with Gasteiger partial charge in [-0.25, -0.2) is 4.79 Å². The summed E-state index contributed by atoms with van der Waals surface area (Å²) in [6, 6.07) is 16.6. The van der Waals surface area contributed by atoms with Crippen LogP contribution < -0.4 is 5.32 Å². The Morgan fingerprint density at radius 1 is 0.862 bits per heavy atom. The van der Waals surface area contributed by atoms with Gasteiger partial charge in [0.1, 0.15) is 6.61 Å². The van der Waals surface area contributed by atoms with E-state index in [0.717, 1.165) is 18.4 Å². The van der Waals surface area contributed by atoms with E-state index >= 15 is 0 Å². The highest BCUT2D eigenvalue weighted by Gasteiger charge is 2.33. The van der Waals surface area contributed by atoms with Crippen LogP contribution in [0.25, 0.3) is 0 Å². The maximum absolute atomic E-state index is 12.8. The summed E-state index contributed by atoms with van der Waals surface area (Å²) in [5.41, 5.74) is 3.27. The summed E-state index contributed by atoms with van der Waals surface area (Å²) in [7, 11) is 0. The van der Waals surface area contributed by atoms with Crippen molar-refractivity contribution in [2.75, 3.05) is 6.54 Å². The second-order valence-electron chi connectivity index (χ2n) is 7.55. The number of fused-ring (bicyclic) bond motifs is 1. The molecule has 0 radical (unpaired) electrons. The van der Waals surface area contributed by atoms with Gasteiger partial charge in [0, 0.05) is 28.8 Å². The second-order valence-corrected chi connectivity index (χ2v) is 7.55. The Kier molecular flexibility index (Phi) is 5.56. The van der Waals surface area contributed by atoms with Gasteiger partial charge in [-0.2, -0.15) is 0 Å². The lowest BCUT2D eigenvalue weighted by Crippen LogP contribution is -2.29. The zero-order valence-electron chi connectivity index (χ0n) is 16.1. The number of carbonyl (C=O) groups excluding carboxylic acids is 3. The third-order valence-electron chi connectivity index (χ3n) is 5.68.